The van der Waals surface area contributed by atoms with Gasteiger partial charge < -0.3 is 4.74 Å². The van der Waals surface area contributed by atoms with E-state index in [0.29, 0.717) is 17.1 Å². The van der Waals surface area contributed by atoms with Gasteiger partial charge in [-0.3, -0.25) is 20.2 Å². The highest BCUT2D eigenvalue weighted by Crippen LogP contribution is 2.27. The number of nitrogens with one attached hydrogen (secondary N) is 1. The Bertz CT molecular complexity index is 1320. The summed E-state index contributed by atoms with van der Waals surface area (Å²) in [6, 6.07) is 22.6. The molecule has 0 unspecified atom stereocenters. The zero-order valence-corrected chi connectivity index (χ0v) is 18.0. The molecular weight excluding hydrogens is 420 g/mol. The Balaban J connectivity index is 1.73. The maximum atomic E-state index is 12.8. The zero-order valence-electron chi connectivity index (χ0n) is 18.0. The van der Waals surface area contributed by atoms with Gasteiger partial charge in [0.1, 0.15) is 5.75 Å². The molecule has 0 radical (unpaired) electrons. The lowest BCUT2D eigenvalue weighted by atomic mass is 10.1. The van der Waals surface area contributed by atoms with Gasteiger partial charge in [-0.05, 0) is 43.3 Å². The van der Waals surface area contributed by atoms with Gasteiger partial charge in [-0.2, -0.15) is 0 Å². The minimum absolute atomic E-state index is 0.0930. The van der Waals surface area contributed by atoms with Gasteiger partial charge in [-0.1, -0.05) is 35.9 Å². The van der Waals surface area contributed by atoms with Crippen molar-refractivity contribution in [3.63, 3.8) is 0 Å². The first-order chi connectivity index (χ1) is 15.9. The number of benzene rings is 3. The summed E-state index contributed by atoms with van der Waals surface area (Å²) >= 11 is 0. The van der Waals surface area contributed by atoms with E-state index in [1.807, 2.05) is 61.5 Å². The molecule has 8 heteroatoms. The summed E-state index contributed by atoms with van der Waals surface area (Å²) in [4.78, 5) is 32.3. The monoisotopic (exact) mass is 440 g/mol. The lowest BCUT2D eigenvalue weighted by Gasteiger charge is -2.10. The first-order valence-corrected chi connectivity index (χ1v) is 10.1. The van der Waals surface area contributed by atoms with E-state index in [4.69, 9.17) is 4.74 Å². The molecule has 4 aromatic rings. The molecule has 0 saturated carbocycles. The van der Waals surface area contributed by atoms with E-state index < -0.39 is 10.8 Å². The van der Waals surface area contributed by atoms with E-state index in [2.05, 4.69) is 15.3 Å². The Kier molecular flexibility index (Phi) is 6.08. The Morgan fingerprint density at radius 1 is 0.909 bits per heavy atom. The molecule has 33 heavy (non-hydrogen) atoms. The van der Waals surface area contributed by atoms with Crippen LogP contribution in [0.3, 0.4) is 0 Å². The third-order valence-electron chi connectivity index (χ3n) is 5.00. The minimum atomic E-state index is -0.549. The molecule has 1 N–H and O–H groups in total. The van der Waals surface area contributed by atoms with Crippen LogP contribution in [0.1, 0.15) is 15.9 Å². The number of aryl methyl sites for hydroxylation is 1. The van der Waals surface area contributed by atoms with Crippen LogP contribution in [-0.4, -0.2) is 27.9 Å². The van der Waals surface area contributed by atoms with Crippen molar-refractivity contribution < 1.29 is 14.5 Å². The fraction of sp³-hybridized carbons (Fsp3) is 0.0800. The van der Waals surface area contributed by atoms with Crippen molar-refractivity contribution in [1.29, 1.82) is 0 Å². The highest BCUT2D eigenvalue weighted by Gasteiger charge is 2.15. The van der Waals surface area contributed by atoms with Crippen LogP contribution in [0.4, 0.5) is 11.6 Å². The number of rotatable bonds is 6. The fourth-order valence-corrected chi connectivity index (χ4v) is 3.22. The molecule has 1 aromatic heterocycles. The van der Waals surface area contributed by atoms with E-state index in [-0.39, 0.29) is 17.2 Å². The largest absolute Gasteiger partial charge is 0.497 e. The van der Waals surface area contributed by atoms with Gasteiger partial charge in [-0.25, -0.2) is 9.97 Å². The Morgan fingerprint density at radius 2 is 1.52 bits per heavy atom. The molecule has 1 heterocycles. The van der Waals surface area contributed by atoms with E-state index in [9.17, 15) is 14.9 Å². The molecule has 0 fully saturated rings. The first-order valence-electron chi connectivity index (χ1n) is 10.1. The van der Waals surface area contributed by atoms with Crippen LogP contribution in [0.25, 0.3) is 22.5 Å². The van der Waals surface area contributed by atoms with Crippen molar-refractivity contribution >= 4 is 17.5 Å². The molecule has 0 aliphatic heterocycles. The number of carbonyl (C=O) groups is 1. The van der Waals surface area contributed by atoms with Crippen molar-refractivity contribution in [3.8, 4) is 28.3 Å². The van der Waals surface area contributed by atoms with Crippen molar-refractivity contribution in [2.45, 2.75) is 6.92 Å². The Hall–Kier alpha value is -4.59. The average Bonchev–Trinajstić information content (AvgIpc) is 2.84. The summed E-state index contributed by atoms with van der Waals surface area (Å²) in [5.74, 6) is 0.265. The molecular formula is C25H20N4O4. The summed E-state index contributed by atoms with van der Waals surface area (Å²) in [6.45, 7) is 2.00. The SMILES string of the molecule is COc1ccc(-c2cc(-c3ccc(C)cc3)nc(NC(=O)c3cccc([N+](=O)[O-])c3)n2)cc1. The van der Waals surface area contributed by atoms with Gasteiger partial charge >= 0.3 is 0 Å². The highest BCUT2D eigenvalue weighted by atomic mass is 16.6. The van der Waals surface area contributed by atoms with Gasteiger partial charge in [0, 0.05) is 28.8 Å². The van der Waals surface area contributed by atoms with Gasteiger partial charge in [-0.15, -0.1) is 0 Å². The van der Waals surface area contributed by atoms with Crippen LogP contribution in [0, 0.1) is 17.0 Å². The van der Waals surface area contributed by atoms with Crippen LogP contribution >= 0.6 is 0 Å². The first kappa shape index (κ1) is 21.6. The van der Waals surface area contributed by atoms with Crippen LogP contribution in [0.2, 0.25) is 0 Å². The van der Waals surface area contributed by atoms with E-state index in [0.717, 1.165) is 16.7 Å². The van der Waals surface area contributed by atoms with Gasteiger partial charge in [0.15, 0.2) is 0 Å². The van der Waals surface area contributed by atoms with Crippen molar-refractivity contribution in [2.75, 3.05) is 12.4 Å². The second-order valence-corrected chi connectivity index (χ2v) is 7.32. The molecule has 0 aliphatic carbocycles. The number of amides is 1. The van der Waals surface area contributed by atoms with Crippen LogP contribution in [0.15, 0.2) is 78.9 Å². The summed E-state index contributed by atoms with van der Waals surface area (Å²) in [6.07, 6.45) is 0. The third kappa shape index (κ3) is 5.01. The predicted molar refractivity (Wildman–Crippen MR) is 125 cm³/mol. The number of nitro benzene ring substituents is 1. The highest BCUT2D eigenvalue weighted by molar-refractivity contribution is 6.03. The number of hydrogen-bond acceptors (Lipinski definition) is 6. The third-order valence-corrected chi connectivity index (χ3v) is 5.00. The van der Waals surface area contributed by atoms with Crippen LogP contribution in [-0.2, 0) is 0 Å². The second-order valence-electron chi connectivity index (χ2n) is 7.32. The summed E-state index contributed by atoms with van der Waals surface area (Å²) in [5, 5.41) is 13.7. The topological polar surface area (TPSA) is 107 Å². The maximum absolute atomic E-state index is 12.8. The molecule has 1 amide bonds. The molecule has 0 spiro atoms. The predicted octanol–water partition coefficient (Wildman–Crippen LogP) is 5.29. The Labute approximate surface area is 190 Å². The number of ether oxygens (including phenoxy) is 1. The standard InChI is InChI=1S/C25H20N4O4/c1-16-6-8-17(9-7-16)22-15-23(18-10-12-21(33-2)13-11-18)27-25(26-22)28-24(30)19-4-3-5-20(14-19)29(31)32/h3-15H,1-2H3,(H,26,27,28,30). The molecule has 0 saturated heterocycles. The summed E-state index contributed by atoms with van der Waals surface area (Å²) < 4.78 is 5.22. The van der Waals surface area contributed by atoms with Gasteiger partial charge in [0.25, 0.3) is 11.6 Å². The van der Waals surface area contributed by atoms with Crippen LogP contribution < -0.4 is 10.1 Å². The smallest absolute Gasteiger partial charge is 0.270 e. The lowest BCUT2D eigenvalue weighted by molar-refractivity contribution is -0.384. The number of nitro groups is 1. The molecule has 0 aliphatic rings. The Morgan fingerprint density at radius 3 is 2.09 bits per heavy atom. The lowest BCUT2D eigenvalue weighted by Crippen LogP contribution is -2.15. The summed E-state index contributed by atoms with van der Waals surface area (Å²) in [7, 11) is 1.59. The molecule has 3 aromatic carbocycles. The number of hydrogen-bond donors (Lipinski definition) is 1. The number of non-ortho nitro benzene ring substituents is 1. The second kappa shape index (κ2) is 9.27. The number of carbonyl (C=O) groups excluding carboxylic acids is 1. The fourth-order valence-electron chi connectivity index (χ4n) is 3.22. The van der Waals surface area contributed by atoms with Gasteiger partial charge in [0.05, 0.1) is 23.4 Å². The van der Waals surface area contributed by atoms with Gasteiger partial charge in [0.2, 0.25) is 5.95 Å². The van der Waals surface area contributed by atoms with Crippen molar-refractivity contribution in [1.82, 2.24) is 9.97 Å². The molecule has 4 rings (SSSR count). The quantitative estimate of drug-likeness (QED) is 0.322. The van der Waals surface area contributed by atoms with E-state index in [1.165, 1.54) is 24.3 Å². The number of methoxy groups -OCH3 is 1. The molecule has 0 bridgehead atoms. The molecule has 8 nitrogen and oxygen atoms in total. The van der Waals surface area contributed by atoms with E-state index >= 15 is 0 Å². The average molecular weight is 440 g/mol. The number of aromatic nitrogens is 2. The molecule has 164 valence electrons. The summed E-state index contributed by atoms with van der Waals surface area (Å²) in [5.41, 5.74) is 4.00. The van der Waals surface area contributed by atoms with Crippen molar-refractivity contribution in [3.05, 3.63) is 100 Å². The normalized spacial score (nSPS) is 10.5. The van der Waals surface area contributed by atoms with Crippen molar-refractivity contribution in [2.24, 2.45) is 0 Å². The van der Waals surface area contributed by atoms with Crippen LogP contribution in [0.5, 0.6) is 5.75 Å². The van der Waals surface area contributed by atoms with E-state index in [1.54, 1.807) is 7.11 Å². The zero-order chi connectivity index (χ0) is 23.4. The maximum Gasteiger partial charge on any atom is 0.270 e. The number of anilines is 1. The number of nitrogens with zero attached hydrogens (tertiary/aromatic N) is 3. The molecule has 0 atom stereocenters. The minimum Gasteiger partial charge on any atom is -0.497 e.